The summed E-state index contributed by atoms with van der Waals surface area (Å²) < 4.78 is 16.9. The predicted octanol–water partition coefficient (Wildman–Crippen LogP) is 24.6. The predicted molar refractivity (Wildman–Crippen MR) is 362 cm³/mol. The van der Waals surface area contributed by atoms with Crippen molar-refractivity contribution in [3.8, 4) is 0 Å². The summed E-state index contributed by atoms with van der Waals surface area (Å²) in [6, 6.07) is 0. The van der Waals surface area contributed by atoms with Gasteiger partial charge in [0.25, 0.3) is 0 Å². The van der Waals surface area contributed by atoms with Crippen LogP contribution in [-0.4, -0.2) is 37.2 Å². The molecule has 0 fully saturated rings. The summed E-state index contributed by atoms with van der Waals surface area (Å²) in [5, 5.41) is 0. The van der Waals surface area contributed by atoms with Crippen molar-refractivity contribution in [1.29, 1.82) is 0 Å². The maximum atomic E-state index is 12.9. The van der Waals surface area contributed by atoms with Crippen LogP contribution in [0.1, 0.15) is 342 Å². The monoisotopic (exact) mass is 1150 g/mol. The molecule has 0 aliphatic carbocycles. The number of ether oxygens (including phenoxy) is 3. The van der Waals surface area contributed by atoms with Crippen LogP contribution in [0.5, 0.6) is 0 Å². The number of unbranched alkanes of at least 4 members (excludes halogenated alkanes) is 35. The molecule has 0 aliphatic rings. The van der Waals surface area contributed by atoms with Gasteiger partial charge in [0.15, 0.2) is 6.10 Å². The molecule has 0 rings (SSSR count). The van der Waals surface area contributed by atoms with Crippen LogP contribution in [-0.2, 0) is 28.6 Å². The minimum Gasteiger partial charge on any atom is -0.462 e. The fourth-order valence-electron chi connectivity index (χ4n) is 9.99. The Morgan fingerprint density at radius 2 is 0.470 bits per heavy atom. The summed E-state index contributed by atoms with van der Waals surface area (Å²) in [5.74, 6) is -0.883. The zero-order chi connectivity index (χ0) is 59.9. The molecule has 0 aromatic rings. The Morgan fingerprint density at radius 3 is 0.735 bits per heavy atom. The molecule has 0 radical (unpaired) electrons. The van der Waals surface area contributed by atoms with Gasteiger partial charge in [0.05, 0.1) is 0 Å². The van der Waals surface area contributed by atoms with Crippen LogP contribution in [0.25, 0.3) is 0 Å². The highest BCUT2D eigenvalue weighted by Gasteiger charge is 2.19. The van der Waals surface area contributed by atoms with E-state index in [1.54, 1.807) is 0 Å². The first-order valence-corrected chi connectivity index (χ1v) is 35.4. The molecule has 6 heteroatoms. The number of hydrogen-bond donors (Lipinski definition) is 0. The van der Waals surface area contributed by atoms with Gasteiger partial charge in [0, 0.05) is 19.3 Å². The Kier molecular flexibility index (Phi) is 67.2. The molecule has 0 amide bonds. The summed E-state index contributed by atoms with van der Waals surface area (Å²) >= 11 is 0. The summed E-state index contributed by atoms with van der Waals surface area (Å²) in [6.07, 6.45) is 97.1. The Balaban J connectivity index is 4.09. The van der Waals surface area contributed by atoms with E-state index >= 15 is 0 Å². The maximum absolute atomic E-state index is 12.9. The lowest BCUT2D eigenvalue weighted by molar-refractivity contribution is -0.167. The third-order valence-corrected chi connectivity index (χ3v) is 15.3. The van der Waals surface area contributed by atoms with Gasteiger partial charge in [-0.25, -0.2) is 0 Å². The van der Waals surface area contributed by atoms with Gasteiger partial charge in [-0.3, -0.25) is 14.4 Å². The summed E-state index contributed by atoms with van der Waals surface area (Å²) in [7, 11) is 0. The minimum absolute atomic E-state index is 0.0792. The van der Waals surface area contributed by atoms with E-state index in [1.807, 2.05) is 0 Å². The number of esters is 3. The van der Waals surface area contributed by atoms with Crippen molar-refractivity contribution in [2.45, 2.75) is 348 Å². The molecule has 476 valence electrons. The third kappa shape index (κ3) is 68.7. The quantitative estimate of drug-likeness (QED) is 0.0261. The van der Waals surface area contributed by atoms with E-state index in [1.165, 1.54) is 186 Å². The van der Waals surface area contributed by atoms with Gasteiger partial charge in [-0.2, -0.15) is 0 Å². The van der Waals surface area contributed by atoms with E-state index in [9.17, 15) is 14.4 Å². The van der Waals surface area contributed by atoms with Crippen LogP contribution >= 0.6 is 0 Å². The first kappa shape index (κ1) is 79.1. The highest BCUT2D eigenvalue weighted by Crippen LogP contribution is 2.17. The lowest BCUT2D eigenvalue weighted by Crippen LogP contribution is -2.30. The Hall–Kier alpha value is -3.93. The molecule has 83 heavy (non-hydrogen) atoms. The van der Waals surface area contributed by atoms with Crippen LogP contribution in [0.4, 0.5) is 0 Å². The largest absolute Gasteiger partial charge is 0.462 e. The molecule has 0 N–H and O–H groups in total. The molecule has 0 saturated heterocycles. The Labute approximate surface area is 514 Å². The third-order valence-electron chi connectivity index (χ3n) is 15.3. The van der Waals surface area contributed by atoms with Crippen molar-refractivity contribution < 1.29 is 28.6 Å². The number of rotatable bonds is 64. The summed E-state index contributed by atoms with van der Waals surface area (Å²) in [4.78, 5) is 38.2. The normalized spacial score (nSPS) is 12.8. The molecule has 0 aliphatic heterocycles. The molecule has 0 aromatic carbocycles. The van der Waals surface area contributed by atoms with Gasteiger partial charge in [0.2, 0.25) is 0 Å². The SMILES string of the molecule is CC/C=C\C/C=C\C/C=C\C/C=C\C/C=C\C/C=C\CCCCCCCCCCC(=O)OC(COC(=O)CCCCCCCCC)COC(=O)CCCCCCCCCCCCCCCCCC/C=C\C/C=C\C/C=C\CCCCCCC. The number of carbonyl (C=O) groups excluding carboxylic acids is 3. The number of allylic oxidation sites excluding steroid dienone is 18. The molecule has 0 saturated carbocycles. The molecular weight excluding hydrogens is 1020 g/mol. The highest BCUT2D eigenvalue weighted by molar-refractivity contribution is 5.71. The van der Waals surface area contributed by atoms with Crippen LogP contribution < -0.4 is 0 Å². The molecule has 0 heterocycles. The number of hydrogen-bond acceptors (Lipinski definition) is 6. The zero-order valence-electron chi connectivity index (χ0n) is 54.7. The molecular formula is C77H132O6. The first-order valence-electron chi connectivity index (χ1n) is 35.4. The lowest BCUT2D eigenvalue weighted by Gasteiger charge is -2.18. The first-order chi connectivity index (χ1) is 41.0. The molecule has 1 unspecified atom stereocenters. The van der Waals surface area contributed by atoms with Crippen LogP contribution in [0, 0.1) is 0 Å². The molecule has 0 aromatic heterocycles. The maximum Gasteiger partial charge on any atom is 0.306 e. The average Bonchev–Trinajstić information content (AvgIpc) is 3.49. The molecule has 1 atom stereocenters. The smallest absolute Gasteiger partial charge is 0.306 e. The fourth-order valence-corrected chi connectivity index (χ4v) is 9.99. The standard InChI is InChI=1S/C77H132O6/c1-4-7-10-13-16-18-20-22-24-26-28-30-32-34-36-37-38-39-41-42-44-46-48-50-52-54-56-58-61-64-67-70-76(79)82-73-74(72-81-75(78)69-66-63-60-15-12-9-6-3)83-77(80)71-68-65-62-59-57-55-53-51-49-47-45-43-40-35-33-31-29-27-25-23-21-19-17-14-11-8-5-2/h8,11,17,19-20,22-23,25-26,28-29,31-32,34-35,40,45,47,74H,4-7,9-10,12-16,18,21,24,27,30,33,36-39,41-44,46,48-73H2,1-3H3/b11-8-,19-17-,22-20-,25-23-,28-26-,31-29-,34-32-,40-35-,47-45-. The van der Waals surface area contributed by atoms with Crippen molar-refractivity contribution in [1.82, 2.24) is 0 Å². The Morgan fingerprint density at radius 1 is 0.253 bits per heavy atom. The Bertz CT molecular complexity index is 1660. The van der Waals surface area contributed by atoms with Gasteiger partial charge < -0.3 is 14.2 Å². The van der Waals surface area contributed by atoms with E-state index in [4.69, 9.17) is 14.2 Å². The number of carbonyl (C=O) groups is 3. The van der Waals surface area contributed by atoms with Gasteiger partial charge >= 0.3 is 17.9 Å². The second-order valence-corrected chi connectivity index (χ2v) is 23.4. The van der Waals surface area contributed by atoms with E-state index in [2.05, 4.69) is 130 Å². The van der Waals surface area contributed by atoms with Crippen molar-refractivity contribution in [2.75, 3.05) is 13.2 Å². The van der Waals surface area contributed by atoms with Gasteiger partial charge in [-0.05, 0) is 109 Å². The van der Waals surface area contributed by atoms with Gasteiger partial charge in [0.1, 0.15) is 13.2 Å². The van der Waals surface area contributed by atoms with Crippen molar-refractivity contribution in [3.05, 3.63) is 109 Å². The second-order valence-electron chi connectivity index (χ2n) is 23.4. The van der Waals surface area contributed by atoms with Crippen LogP contribution in [0.2, 0.25) is 0 Å². The second kappa shape index (κ2) is 70.6. The lowest BCUT2D eigenvalue weighted by atomic mass is 10.0. The summed E-state index contributed by atoms with van der Waals surface area (Å²) in [5.41, 5.74) is 0. The van der Waals surface area contributed by atoms with Crippen LogP contribution in [0.15, 0.2) is 109 Å². The van der Waals surface area contributed by atoms with E-state index < -0.39 is 6.10 Å². The average molecular weight is 1150 g/mol. The van der Waals surface area contributed by atoms with E-state index in [-0.39, 0.29) is 31.1 Å². The van der Waals surface area contributed by atoms with E-state index in [0.717, 1.165) is 116 Å². The highest BCUT2D eigenvalue weighted by atomic mass is 16.6. The van der Waals surface area contributed by atoms with Crippen molar-refractivity contribution >= 4 is 17.9 Å². The molecule has 0 bridgehead atoms. The minimum atomic E-state index is -0.782. The van der Waals surface area contributed by atoms with Gasteiger partial charge in [-0.1, -0.05) is 323 Å². The van der Waals surface area contributed by atoms with Gasteiger partial charge in [-0.15, -0.1) is 0 Å². The van der Waals surface area contributed by atoms with Crippen molar-refractivity contribution in [3.63, 3.8) is 0 Å². The van der Waals surface area contributed by atoms with Crippen LogP contribution in [0.3, 0.4) is 0 Å². The topological polar surface area (TPSA) is 78.9 Å². The van der Waals surface area contributed by atoms with E-state index in [0.29, 0.717) is 19.3 Å². The summed E-state index contributed by atoms with van der Waals surface area (Å²) in [6.45, 7) is 6.49. The fraction of sp³-hybridized carbons (Fsp3) is 0.727. The molecule has 0 spiro atoms. The zero-order valence-corrected chi connectivity index (χ0v) is 54.7. The van der Waals surface area contributed by atoms with Crippen molar-refractivity contribution in [2.24, 2.45) is 0 Å². The molecule has 6 nitrogen and oxygen atoms in total.